The van der Waals surface area contributed by atoms with Crippen LogP contribution in [0.4, 0.5) is 10.2 Å². The lowest BCUT2D eigenvalue weighted by atomic mass is 10.2. The Balaban J connectivity index is 2.30. The highest BCUT2D eigenvalue weighted by Gasteiger charge is 2.07. The third-order valence-electron chi connectivity index (χ3n) is 2.11. The van der Waals surface area contributed by atoms with Gasteiger partial charge in [-0.1, -0.05) is 18.2 Å². The minimum Gasteiger partial charge on any atom is -0.383 e. The van der Waals surface area contributed by atoms with Crippen molar-refractivity contribution in [1.29, 1.82) is 0 Å². The van der Waals surface area contributed by atoms with Gasteiger partial charge in [-0.05, 0) is 28.7 Å². The number of nitrogen functional groups attached to an aromatic ring is 1. The first-order valence-corrected chi connectivity index (χ1v) is 5.46. The molecule has 1 heterocycles. The maximum absolute atomic E-state index is 13.3. The number of rotatable bonds is 2. The quantitative estimate of drug-likeness (QED) is 0.864. The minimum absolute atomic E-state index is 0.234. The average Bonchev–Trinajstić information content (AvgIpc) is 2.53. The zero-order chi connectivity index (χ0) is 10.8. The summed E-state index contributed by atoms with van der Waals surface area (Å²) in [6.07, 6.45) is 1.66. The minimum atomic E-state index is -0.234. The highest BCUT2D eigenvalue weighted by atomic mass is 127. The second kappa shape index (κ2) is 4.18. The first-order valence-electron chi connectivity index (χ1n) is 4.38. The summed E-state index contributed by atoms with van der Waals surface area (Å²) in [6.45, 7) is 0.363. The molecule has 0 bridgehead atoms. The molecule has 78 valence electrons. The van der Waals surface area contributed by atoms with Gasteiger partial charge in [0.2, 0.25) is 0 Å². The zero-order valence-electron chi connectivity index (χ0n) is 7.82. The van der Waals surface area contributed by atoms with E-state index in [9.17, 15) is 4.39 Å². The van der Waals surface area contributed by atoms with Crippen LogP contribution in [-0.2, 0) is 6.54 Å². The molecule has 0 amide bonds. The Bertz CT molecular complexity index is 481. The van der Waals surface area contributed by atoms with Crippen molar-refractivity contribution in [2.24, 2.45) is 0 Å². The summed E-state index contributed by atoms with van der Waals surface area (Å²) in [4.78, 5) is 0. The fourth-order valence-corrected chi connectivity index (χ4v) is 1.69. The second-order valence-electron chi connectivity index (χ2n) is 3.13. The van der Waals surface area contributed by atoms with Crippen LogP contribution in [0.1, 0.15) is 5.56 Å². The van der Waals surface area contributed by atoms with Crippen LogP contribution in [0.2, 0.25) is 0 Å². The van der Waals surface area contributed by atoms with Crippen LogP contribution in [0, 0.1) is 9.39 Å². The Morgan fingerprint density at radius 2 is 2.13 bits per heavy atom. The number of nitrogens with two attached hydrogens (primary N) is 1. The van der Waals surface area contributed by atoms with Crippen LogP contribution in [0.15, 0.2) is 30.5 Å². The summed E-state index contributed by atoms with van der Waals surface area (Å²) in [5.74, 6) is 0.335. The van der Waals surface area contributed by atoms with Crippen LogP contribution in [-0.4, -0.2) is 9.78 Å². The number of hydrogen-bond acceptors (Lipinski definition) is 2. The monoisotopic (exact) mass is 317 g/mol. The van der Waals surface area contributed by atoms with Gasteiger partial charge in [-0.3, -0.25) is 0 Å². The Labute approximate surface area is 100 Å². The Kier molecular flexibility index (Phi) is 2.90. The third-order valence-corrected chi connectivity index (χ3v) is 2.94. The molecule has 0 aliphatic heterocycles. The Morgan fingerprint density at radius 3 is 2.73 bits per heavy atom. The molecule has 3 nitrogen and oxygen atoms in total. The number of hydrogen-bond donors (Lipinski definition) is 1. The highest BCUT2D eigenvalue weighted by molar-refractivity contribution is 14.1. The van der Waals surface area contributed by atoms with Gasteiger partial charge in [-0.25, -0.2) is 9.07 Å². The highest BCUT2D eigenvalue weighted by Crippen LogP contribution is 2.16. The largest absolute Gasteiger partial charge is 0.383 e. The molecule has 15 heavy (non-hydrogen) atoms. The molecule has 1 aromatic carbocycles. The van der Waals surface area contributed by atoms with Crippen molar-refractivity contribution in [3.63, 3.8) is 0 Å². The second-order valence-corrected chi connectivity index (χ2v) is 4.29. The van der Waals surface area contributed by atoms with E-state index in [2.05, 4.69) is 27.7 Å². The number of aromatic nitrogens is 2. The van der Waals surface area contributed by atoms with E-state index in [1.54, 1.807) is 29.1 Å². The van der Waals surface area contributed by atoms with Crippen LogP contribution in [0.25, 0.3) is 0 Å². The van der Waals surface area contributed by atoms with Gasteiger partial charge in [-0.15, -0.1) is 0 Å². The molecular weight excluding hydrogens is 308 g/mol. The molecule has 0 aliphatic rings. The zero-order valence-corrected chi connectivity index (χ0v) is 9.98. The maximum atomic E-state index is 13.3. The number of halogens is 2. The van der Waals surface area contributed by atoms with E-state index in [1.807, 2.05) is 0 Å². The van der Waals surface area contributed by atoms with Gasteiger partial charge >= 0.3 is 0 Å². The Morgan fingerprint density at radius 1 is 1.40 bits per heavy atom. The molecule has 0 aliphatic carbocycles. The lowest BCUT2D eigenvalue weighted by molar-refractivity contribution is 0.587. The van der Waals surface area contributed by atoms with E-state index in [-0.39, 0.29) is 5.82 Å². The lowest BCUT2D eigenvalue weighted by Gasteiger charge is -2.05. The molecule has 0 spiro atoms. The molecule has 0 unspecified atom stereocenters. The molecular formula is C10H9FIN3. The van der Waals surface area contributed by atoms with Crippen molar-refractivity contribution < 1.29 is 4.39 Å². The van der Waals surface area contributed by atoms with Crippen molar-refractivity contribution >= 4 is 28.4 Å². The van der Waals surface area contributed by atoms with Crippen molar-refractivity contribution in [2.45, 2.75) is 6.54 Å². The van der Waals surface area contributed by atoms with E-state index in [4.69, 9.17) is 5.73 Å². The van der Waals surface area contributed by atoms with Gasteiger partial charge < -0.3 is 5.73 Å². The summed E-state index contributed by atoms with van der Waals surface area (Å²) in [6, 6.07) is 6.61. The molecule has 0 fully saturated rings. The van der Waals surface area contributed by atoms with E-state index >= 15 is 0 Å². The molecule has 2 N–H and O–H groups in total. The lowest BCUT2D eigenvalue weighted by Crippen LogP contribution is -2.07. The molecule has 0 saturated heterocycles. The summed E-state index contributed by atoms with van der Waals surface area (Å²) < 4.78 is 15.8. The molecule has 5 heteroatoms. The van der Waals surface area contributed by atoms with Crippen LogP contribution < -0.4 is 5.73 Å². The van der Waals surface area contributed by atoms with Crippen molar-refractivity contribution in [1.82, 2.24) is 9.78 Å². The van der Waals surface area contributed by atoms with E-state index in [1.165, 1.54) is 6.07 Å². The topological polar surface area (TPSA) is 43.8 Å². The maximum Gasteiger partial charge on any atom is 0.135 e. The number of nitrogens with zero attached hydrogens (tertiary/aromatic N) is 2. The molecule has 0 atom stereocenters. The fraction of sp³-hybridized carbons (Fsp3) is 0.100. The summed E-state index contributed by atoms with van der Waals surface area (Å²) in [7, 11) is 0. The predicted octanol–water partition coefficient (Wildman–Crippen LogP) is 2.26. The molecule has 2 aromatic rings. The van der Waals surface area contributed by atoms with Gasteiger partial charge in [0, 0.05) is 5.56 Å². The number of anilines is 1. The summed E-state index contributed by atoms with van der Waals surface area (Å²) in [5.41, 5.74) is 6.36. The molecule has 0 saturated carbocycles. The van der Waals surface area contributed by atoms with Crippen LogP contribution >= 0.6 is 22.6 Å². The normalized spacial score (nSPS) is 10.5. The SMILES string of the molecule is Nc1c(I)cnn1Cc1ccccc1F. The van der Waals surface area contributed by atoms with Gasteiger partial charge in [0.05, 0.1) is 16.3 Å². The van der Waals surface area contributed by atoms with Crippen molar-refractivity contribution in [3.05, 3.63) is 45.4 Å². The summed E-state index contributed by atoms with van der Waals surface area (Å²) >= 11 is 2.09. The van der Waals surface area contributed by atoms with Gasteiger partial charge in [0.15, 0.2) is 0 Å². The van der Waals surface area contributed by atoms with Crippen LogP contribution in [0.5, 0.6) is 0 Å². The fourth-order valence-electron chi connectivity index (χ4n) is 1.29. The van der Waals surface area contributed by atoms with Gasteiger partial charge in [-0.2, -0.15) is 5.10 Å². The van der Waals surface area contributed by atoms with E-state index in [0.717, 1.165) is 3.57 Å². The number of benzene rings is 1. The first-order chi connectivity index (χ1) is 7.18. The predicted molar refractivity (Wildman–Crippen MR) is 64.9 cm³/mol. The van der Waals surface area contributed by atoms with Crippen molar-refractivity contribution in [2.75, 3.05) is 5.73 Å². The molecule has 2 rings (SSSR count). The first kappa shape index (κ1) is 10.4. The van der Waals surface area contributed by atoms with Gasteiger partial charge in [0.25, 0.3) is 0 Å². The average molecular weight is 317 g/mol. The van der Waals surface area contributed by atoms with Crippen molar-refractivity contribution in [3.8, 4) is 0 Å². The molecule has 0 radical (unpaired) electrons. The standard InChI is InChI=1S/C10H9FIN3/c11-8-4-2-1-3-7(8)6-15-10(13)9(12)5-14-15/h1-5H,6,13H2. The smallest absolute Gasteiger partial charge is 0.135 e. The van der Waals surface area contributed by atoms with E-state index in [0.29, 0.717) is 17.9 Å². The van der Waals surface area contributed by atoms with Crippen LogP contribution in [0.3, 0.4) is 0 Å². The molecule has 1 aromatic heterocycles. The Hall–Kier alpha value is -1.11. The summed E-state index contributed by atoms with van der Waals surface area (Å²) in [5, 5.41) is 4.07. The third kappa shape index (κ3) is 2.11. The van der Waals surface area contributed by atoms with E-state index < -0.39 is 0 Å². The van der Waals surface area contributed by atoms with Gasteiger partial charge in [0.1, 0.15) is 11.6 Å².